The number of nitrogens with one attached hydrogen (secondary N) is 1. The average molecular weight is 318 g/mol. The van der Waals surface area contributed by atoms with Gasteiger partial charge in [0.25, 0.3) is 5.91 Å². The summed E-state index contributed by atoms with van der Waals surface area (Å²) >= 11 is 1.39. The van der Waals surface area contributed by atoms with E-state index in [1.807, 2.05) is 0 Å². The van der Waals surface area contributed by atoms with Crippen molar-refractivity contribution in [1.82, 2.24) is 10.3 Å². The van der Waals surface area contributed by atoms with Crippen molar-refractivity contribution in [2.45, 2.75) is 12.6 Å². The third kappa shape index (κ3) is 4.01. The smallest absolute Gasteiger partial charge is 0.352 e. The van der Waals surface area contributed by atoms with Gasteiger partial charge < -0.3 is 5.32 Å². The van der Waals surface area contributed by atoms with Crippen LogP contribution in [0.4, 0.5) is 17.6 Å². The van der Waals surface area contributed by atoms with E-state index in [1.165, 1.54) is 11.3 Å². The predicted molar refractivity (Wildman–Crippen MR) is 69.6 cm³/mol. The molecule has 1 N–H and O–H groups in total. The number of carbonyl (C=O) groups excluding carboxylic acids is 1. The molecule has 2 rings (SSSR count). The van der Waals surface area contributed by atoms with Gasteiger partial charge in [0.1, 0.15) is 5.82 Å². The number of hydrogen-bond acceptors (Lipinski definition) is 3. The molecule has 0 bridgehead atoms. The number of rotatable bonds is 4. The minimum Gasteiger partial charge on any atom is -0.352 e. The molecule has 1 aromatic carbocycles. The SMILES string of the molecule is O=C(NCCc1cscn1)c1cc(C(F)(F)F)ccc1F. The van der Waals surface area contributed by atoms with Gasteiger partial charge in [0.15, 0.2) is 0 Å². The summed E-state index contributed by atoms with van der Waals surface area (Å²) in [6.45, 7) is 0.165. The highest BCUT2D eigenvalue weighted by Gasteiger charge is 2.31. The first-order chi connectivity index (χ1) is 9.88. The van der Waals surface area contributed by atoms with Crippen molar-refractivity contribution in [2.24, 2.45) is 0 Å². The Morgan fingerprint density at radius 3 is 2.71 bits per heavy atom. The zero-order valence-electron chi connectivity index (χ0n) is 10.6. The fourth-order valence-corrected chi connectivity index (χ4v) is 2.23. The number of hydrogen-bond donors (Lipinski definition) is 1. The molecule has 0 saturated carbocycles. The van der Waals surface area contributed by atoms with Gasteiger partial charge in [-0.2, -0.15) is 13.2 Å². The lowest BCUT2D eigenvalue weighted by atomic mass is 10.1. The molecule has 0 unspecified atom stereocenters. The number of amides is 1. The molecule has 1 heterocycles. The van der Waals surface area contributed by atoms with Gasteiger partial charge in [-0.25, -0.2) is 9.37 Å². The van der Waals surface area contributed by atoms with Crippen LogP contribution in [0.5, 0.6) is 0 Å². The molecule has 0 aliphatic heterocycles. The molecule has 2 aromatic rings. The Morgan fingerprint density at radius 2 is 2.10 bits per heavy atom. The third-order valence-corrected chi connectivity index (χ3v) is 3.32. The Morgan fingerprint density at radius 1 is 1.33 bits per heavy atom. The Kier molecular flexibility index (Phi) is 4.56. The van der Waals surface area contributed by atoms with Gasteiger partial charge in [-0.1, -0.05) is 0 Å². The van der Waals surface area contributed by atoms with Crippen molar-refractivity contribution in [3.8, 4) is 0 Å². The summed E-state index contributed by atoms with van der Waals surface area (Å²) in [5, 5.41) is 4.16. The van der Waals surface area contributed by atoms with Crippen LogP contribution in [0.15, 0.2) is 29.1 Å². The van der Waals surface area contributed by atoms with Crippen molar-refractivity contribution in [3.05, 3.63) is 51.7 Å². The number of aromatic nitrogens is 1. The van der Waals surface area contributed by atoms with Gasteiger partial charge in [0, 0.05) is 18.3 Å². The zero-order chi connectivity index (χ0) is 15.5. The molecule has 1 amide bonds. The number of carbonyl (C=O) groups is 1. The molecule has 0 fully saturated rings. The maximum Gasteiger partial charge on any atom is 0.416 e. The van der Waals surface area contributed by atoms with Crippen LogP contribution in [-0.2, 0) is 12.6 Å². The number of halogens is 4. The molecule has 0 saturated heterocycles. The number of alkyl halides is 3. The quantitative estimate of drug-likeness (QED) is 0.879. The van der Waals surface area contributed by atoms with Crippen LogP contribution in [0.1, 0.15) is 21.6 Å². The van der Waals surface area contributed by atoms with Crippen molar-refractivity contribution in [1.29, 1.82) is 0 Å². The Balaban J connectivity index is 2.04. The minimum absolute atomic E-state index is 0.165. The summed E-state index contributed by atoms with van der Waals surface area (Å²) in [4.78, 5) is 15.7. The lowest BCUT2D eigenvalue weighted by molar-refractivity contribution is -0.137. The van der Waals surface area contributed by atoms with E-state index >= 15 is 0 Å². The maximum absolute atomic E-state index is 13.5. The molecular formula is C13H10F4N2OS. The number of nitrogens with zero attached hydrogens (tertiary/aromatic N) is 1. The Labute approximate surface area is 121 Å². The van der Waals surface area contributed by atoms with Crippen molar-refractivity contribution >= 4 is 17.2 Å². The first kappa shape index (κ1) is 15.4. The average Bonchev–Trinajstić information content (AvgIpc) is 2.91. The molecule has 8 heteroatoms. The highest BCUT2D eigenvalue weighted by molar-refractivity contribution is 7.07. The Bertz CT molecular complexity index is 626. The van der Waals surface area contributed by atoms with Gasteiger partial charge >= 0.3 is 6.18 Å². The molecule has 0 aliphatic carbocycles. The second-order valence-electron chi connectivity index (χ2n) is 4.18. The predicted octanol–water partition coefficient (Wildman–Crippen LogP) is 3.27. The first-order valence-corrected chi connectivity index (χ1v) is 6.84. The molecule has 0 aliphatic rings. The zero-order valence-corrected chi connectivity index (χ0v) is 11.4. The second-order valence-corrected chi connectivity index (χ2v) is 4.90. The minimum atomic E-state index is -4.62. The standard InChI is InChI=1S/C13H10F4N2OS/c14-11-2-1-8(13(15,16)17)5-10(11)12(20)18-4-3-9-6-21-7-19-9/h1-2,5-7H,3-4H2,(H,18,20). The molecular weight excluding hydrogens is 308 g/mol. The summed E-state index contributed by atoms with van der Waals surface area (Å²) in [6.07, 6.45) is -4.20. The normalized spacial score (nSPS) is 11.4. The first-order valence-electron chi connectivity index (χ1n) is 5.90. The highest BCUT2D eigenvalue weighted by atomic mass is 32.1. The number of benzene rings is 1. The van der Waals surface area contributed by atoms with Crippen LogP contribution in [0.2, 0.25) is 0 Å². The van der Waals surface area contributed by atoms with Crippen LogP contribution in [-0.4, -0.2) is 17.4 Å². The second kappa shape index (κ2) is 6.21. The monoisotopic (exact) mass is 318 g/mol. The highest BCUT2D eigenvalue weighted by Crippen LogP contribution is 2.30. The molecule has 0 atom stereocenters. The number of thiazole rings is 1. The van der Waals surface area contributed by atoms with Crippen molar-refractivity contribution in [3.63, 3.8) is 0 Å². The van der Waals surface area contributed by atoms with E-state index < -0.39 is 29.0 Å². The summed E-state index contributed by atoms with van der Waals surface area (Å²) in [6, 6.07) is 1.74. The van der Waals surface area contributed by atoms with Crippen molar-refractivity contribution in [2.75, 3.05) is 6.54 Å². The topological polar surface area (TPSA) is 42.0 Å². The van der Waals surface area contributed by atoms with Crippen LogP contribution >= 0.6 is 11.3 Å². The van der Waals surface area contributed by atoms with Crippen LogP contribution in [0.25, 0.3) is 0 Å². The fraction of sp³-hybridized carbons (Fsp3) is 0.231. The molecule has 1 aromatic heterocycles. The molecule has 112 valence electrons. The fourth-order valence-electron chi connectivity index (χ4n) is 1.64. The van der Waals surface area contributed by atoms with E-state index in [-0.39, 0.29) is 6.54 Å². The van der Waals surface area contributed by atoms with Gasteiger partial charge in [0.2, 0.25) is 0 Å². The van der Waals surface area contributed by atoms with Crippen LogP contribution in [0.3, 0.4) is 0 Å². The summed E-state index contributed by atoms with van der Waals surface area (Å²) in [7, 11) is 0. The summed E-state index contributed by atoms with van der Waals surface area (Å²) in [5.74, 6) is -1.87. The van der Waals surface area contributed by atoms with Gasteiger partial charge in [-0.3, -0.25) is 4.79 Å². The van der Waals surface area contributed by atoms with Crippen LogP contribution in [0, 0.1) is 5.82 Å². The third-order valence-electron chi connectivity index (χ3n) is 2.69. The Hall–Kier alpha value is -1.96. The molecule has 0 spiro atoms. The summed E-state index contributed by atoms with van der Waals surface area (Å²) < 4.78 is 51.1. The van der Waals surface area contributed by atoms with E-state index in [4.69, 9.17) is 0 Å². The largest absolute Gasteiger partial charge is 0.416 e. The lowest BCUT2D eigenvalue weighted by Gasteiger charge is -2.10. The summed E-state index contributed by atoms with van der Waals surface area (Å²) in [5.41, 5.74) is 0.699. The lowest BCUT2D eigenvalue weighted by Crippen LogP contribution is -2.27. The van der Waals surface area contributed by atoms with Crippen molar-refractivity contribution < 1.29 is 22.4 Å². The van der Waals surface area contributed by atoms with Gasteiger partial charge in [-0.05, 0) is 18.2 Å². The molecule has 21 heavy (non-hydrogen) atoms. The van der Waals surface area contributed by atoms with Gasteiger partial charge in [-0.15, -0.1) is 11.3 Å². The maximum atomic E-state index is 13.5. The molecule has 3 nitrogen and oxygen atoms in total. The molecule has 0 radical (unpaired) electrons. The van der Waals surface area contributed by atoms with E-state index in [0.29, 0.717) is 24.6 Å². The van der Waals surface area contributed by atoms with Gasteiger partial charge in [0.05, 0.1) is 22.3 Å². The van der Waals surface area contributed by atoms with E-state index in [2.05, 4.69) is 10.3 Å². The van der Waals surface area contributed by atoms with E-state index in [9.17, 15) is 22.4 Å². The van der Waals surface area contributed by atoms with Crippen LogP contribution < -0.4 is 5.32 Å². The van der Waals surface area contributed by atoms with E-state index in [1.54, 1.807) is 10.9 Å². The van der Waals surface area contributed by atoms with E-state index in [0.717, 1.165) is 5.69 Å².